The molecule has 1 unspecified atom stereocenters. The van der Waals surface area contributed by atoms with E-state index < -0.39 is 6.10 Å². The van der Waals surface area contributed by atoms with Gasteiger partial charge >= 0.3 is 0 Å². The van der Waals surface area contributed by atoms with Crippen molar-refractivity contribution in [1.29, 1.82) is 0 Å². The minimum Gasteiger partial charge on any atom is -0.384 e. The normalized spacial score (nSPS) is 12.4. The number of rotatable bonds is 5. The summed E-state index contributed by atoms with van der Waals surface area (Å²) in [5.41, 5.74) is 4.34. The van der Waals surface area contributed by atoms with Gasteiger partial charge in [-0.1, -0.05) is 71.7 Å². The monoisotopic (exact) mass is 332 g/mol. The van der Waals surface area contributed by atoms with Crippen molar-refractivity contribution in [3.05, 3.63) is 69.2 Å². The number of unbranched alkanes of at least 4 members (excludes halogenated alkanes) is 1. The van der Waals surface area contributed by atoms with Gasteiger partial charge in [0.05, 0.1) is 0 Å². The minimum absolute atomic E-state index is 0.579. The fourth-order valence-corrected chi connectivity index (χ4v) is 2.79. The van der Waals surface area contributed by atoms with Crippen LogP contribution in [0.5, 0.6) is 0 Å². The predicted molar refractivity (Wildman–Crippen MR) is 88.0 cm³/mol. The van der Waals surface area contributed by atoms with E-state index in [4.69, 9.17) is 0 Å². The van der Waals surface area contributed by atoms with Crippen molar-refractivity contribution in [3.63, 3.8) is 0 Å². The Balaban J connectivity index is 2.20. The summed E-state index contributed by atoms with van der Waals surface area (Å²) < 4.78 is 0.988. The van der Waals surface area contributed by atoms with Gasteiger partial charge in [0, 0.05) is 4.47 Å². The lowest BCUT2D eigenvalue weighted by atomic mass is 9.98. The molecule has 0 aliphatic heterocycles. The van der Waals surface area contributed by atoms with Gasteiger partial charge in [-0.2, -0.15) is 0 Å². The van der Waals surface area contributed by atoms with Crippen LogP contribution in [0.25, 0.3) is 0 Å². The zero-order chi connectivity index (χ0) is 14.5. The average molecular weight is 333 g/mol. The second-order valence-corrected chi connectivity index (χ2v) is 6.02. The summed E-state index contributed by atoms with van der Waals surface area (Å²) in [7, 11) is 0. The van der Waals surface area contributed by atoms with Crippen LogP contribution in [0.3, 0.4) is 0 Å². The Morgan fingerprint density at radius 1 is 1.10 bits per heavy atom. The van der Waals surface area contributed by atoms with E-state index in [9.17, 15) is 5.11 Å². The number of halogens is 1. The van der Waals surface area contributed by atoms with Gasteiger partial charge in [0.25, 0.3) is 0 Å². The second-order valence-electron chi connectivity index (χ2n) is 5.23. The average Bonchev–Trinajstić information content (AvgIpc) is 2.48. The van der Waals surface area contributed by atoms with Crippen LogP contribution in [0.4, 0.5) is 0 Å². The van der Waals surface area contributed by atoms with E-state index in [-0.39, 0.29) is 0 Å². The Morgan fingerprint density at radius 3 is 2.45 bits per heavy atom. The molecule has 1 atom stereocenters. The van der Waals surface area contributed by atoms with Gasteiger partial charge in [-0.15, -0.1) is 0 Å². The quantitative estimate of drug-likeness (QED) is 0.799. The first-order valence-corrected chi connectivity index (χ1v) is 7.94. The van der Waals surface area contributed by atoms with Crippen molar-refractivity contribution in [3.8, 4) is 0 Å². The highest BCUT2D eigenvalue weighted by molar-refractivity contribution is 9.10. The summed E-state index contributed by atoms with van der Waals surface area (Å²) >= 11 is 3.57. The van der Waals surface area contributed by atoms with Gasteiger partial charge in [-0.3, -0.25) is 0 Å². The molecule has 2 rings (SSSR count). The molecule has 1 N–H and O–H groups in total. The van der Waals surface area contributed by atoms with E-state index in [0.717, 1.165) is 27.6 Å². The molecule has 2 aromatic rings. The number of aliphatic hydroxyl groups excluding tert-OH is 1. The number of aryl methyl sites for hydroxylation is 2. The van der Waals surface area contributed by atoms with Crippen molar-refractivity contribution in [2.24, 2.45) is 0 Å². The molecule has 0 saturated heterocycles. The van der Waals surface area contributed by atoms with Gasteiger partial charge in [0.15, 0.2) is 0 Å². The molecule has 0 aliphatic rings. The predicted octanol–water partition coefficient (Wildman–Crippen LogP) is 5.18. The first-order valence-electron chi connectivity index (χ1n) is 7.15. The molecule has 0 radical (unpaired) electrons. The maximum Gasteiger partial charge on any atom is 0.105 e. The van der Waals surface area contributed by atoms with Crippen LogP contribution in [0.15, 0.2) is 46.9 Å². The van der Waals surface area contributed by atoms with Crippen LogP contribution in [0.1, 0.15) is 48.1 Å². The third-order valence-electron chi connectivity index (χ3n) is 3.63. The maximum absolute atomic E-state index is 10.5. The van der Waals surface area contributed by atoms with Gasteiger partial charge < -0.3 is 5.11 Å². The summed E-state index contributed by atoms with van der Waals surface area (Å²) in [4.78, 5) is 0. The lowest BCUT2D eigenvalue weighted by Crippen LogP contribution is -2.01. The standard InChI is InChI=1S/C18H21BrO/c1-3-4-7-14-9-11-15(12-10-14)18(20)16-8-5-6-13(2)17(16)19/h5-6,8-12,18,20H,3-4,7H2,1-2H3. The molecule has 2 heteroatoms. The highest BCUT2D eigenvalue weighted by Gasteiger charge is 2.14. The molecule has 0 bridgehead atoms. The van der Waals surface area contributed by atoms with Crippen molar-refractivity contribution >= 4 is 15.9 Å². The molecule has 0 aliphatic carbocycles. The molecule has 0 amide bonds. The first-order chi connectivity index (χ1) is 9.63. The third kappa shape index (κ3) is 3.50. The first kappa shape index (κ1) is 15.3. The van der Waals surface area contributed by atoms with Gasteiger partial charge in [0.2, 0.25) is 0 Å². The topological polar surface area (TPSA) is 20.2 Å². The molecular weight excluding hydrogens is 312 g/mol. The molecule has 20 heavy (non-hydrogen) atoms. The molecule has 0 spiro atoms. The van der Waals surface area contributed by atoms with Crippen LogP contribution >= 0.6 is 15.9 Å². The summed E-state index contributed by atoms with van der Waals surface area (Å²) in [6.07, 6.45) is 2.96. The van der Waals surface area contributed by atoms with E-state index in [1.165, 1.54) is 18.4 Å². The molecule has 0 saturated carbocycles. The van der Waals surface area contributed by atoms with Crippen LogP contribution in [-0.2, 0) is 6.42 Å². The molecule has 0 aromatic heterocycles. The third-order valence-corrected chi connectivity index (χ3v) is 4.71. The Labute approximate surface area is 129 Å². The smallest absolute Gasteiger partial charge is 0.105 e. The molecule has 1 nitrogen and oxygen atoms in total. The summed E-state index contributed by atoms with van der Waals surface area (Å²) in [5, 5.41) is 10.5. The Kier molecular flexibility index (Phi) is 5.38. The highest BCUT2D eigenvalue weighted by Crippen LogP contribution is 2.30. The van der Waals surface area contributed by atoms with Crippen LogP contribution < -0.4 is 0 Å². The SMILES string of the molecule is CCCCc1ccc(C(O)c2cccc(C)c2Br)cc1. The molecule has 2 aromatic carbocycles. The van der Waals surface area contributed by atoms with Gasteiger partial charge in [-0.05, 0) is 42.0 Å². The number of hydrogen-bond donors (Lipinski definition) is 1. The lowest BCUT2D eigenvalue weighted by molar-refractivity contribution is 0.219. The van der Waals surface area contributed by atoms with Crippen LogP contribution in [0.2, 0.25) is 0 Å². The lowest BCUT2D eigenvalue weighted by Gasteiger charge is -2.15. The van der Waals surface area contributed by atoms with E-state index in [1.807, 2.05) is 37.3 Å². The Bertz CT molecular complexity index is 560. The van der Waals surface area contributed by atoms with Gasteiger partial charge in [-0.25, -0.2) is 0 Å². The summed E-state index contributed by atoms with van der Waals surface area (Å²) in [5.74, 6) is 0. The zero-order valence-corrected chi connectivity index (χ0v) is 13.7. The summed E-state index contributed by atoms with van der Waals surface area (Å²) in [6.45, 7) is 4.24. The van der Waals surface area contributed by atoms with E-state index >= 15 is 0 Å². The minimum atomic E-state index is -0.579. The molecule has 106 valence electrons. The Hall–Kier alpha value is -1.12. The highest BCUT2D eigenvalue weighted by atomic mass is 79.9. The molecule has 0 fully saturated rings. The molecule has 0 heterocycles. The van der Waals surface area contributed by atoms with Gasteiger partial charge in [0.1, 0.15) is 6.10 Å². The van der Waals surface area contributed by atoms with Crippen LogP contribution in [-0.4, -0.2) is 5.11 Å². The van der Waals surface area contributed by atoms with E-state index in [0.29, 0.717) is 0 Å². The van der Waals surface area contributed by atoms with Crippen LogP contribution in [0, 0.1) is 6.92 Å². The number of hydrogen-bond acceptors (Lipinski definition) is 1. The van der Waals surface area contributed by atoms with Crippen molar-refractivity contribution in [2.75, 3.05) is 0 Å². The molecular formula is C18H21BrO. The fourth-order valence-electron chi connectivity index (χ4n) is 2.31. The van der Waals surface area contributed by atoms with E-state index in [2.05, 4.69) is 35.0 Å². The number of benzene rings is 2. The van der Waals surface area contributed by atoms with Crippen molar-refractivity contribution in [1.82, 2.24) is 0 Å². The second kappa shape index (κ2) is 7.05. The zero-order valence-electron chi connectivity index (χ0n) is 12.1. The van der Waals surface area contributed by atoms with Crippen molar-refractivity contribution in [2.45, 2.75) is 39.2 Å². The fraction of sp³-hybridized carbons (Fsp3) is 0.333. The number of aliphatic hydroxyl groups is 1. The van der Waals surface area contributed by atoms with E-state index in [1.54, 1.807) is 0 Å². The summed E-state index contributed by atoms with van der Waals surface area (Å²) in [6, 6.07) is 14.3. The van der Waals surface area contributed by atoms with Crippen molar-refractivity contribution < 1.29 is 5.11 Å². The largest absolute Gasteiger partial charge is 0.384 e. The maximum atomic E-state index is 10.5. The Morgan fingerprint density at radius 2 is 1.80 bits per heavy atom.